The summed E-state index contributed by atoms with van der Waals surface area (Å²) in [6.07, 6.45) is 0.716. The first-order chi connectivity index (χ1) is 14.1. The second kappa shape index (κ2) is 8.10. The van der Waals surface area contributed by atoms with E-state index in [9.17, 15) is 30.8 Å². The molecule has 0 unspecified atom stereocenters. The summed E-state index contributed by atoms with van der Waals surface area (Å²) in [5.74, 6) is -8.08. The number of benzene rings is 2. The van der Waals surface area contributed by atoms with Crippen molar-refractivity contribution in [1.29, 1.82) is 0 Å². The summed E-state index contributed by atoms with van der Waals surface area (Å²) in [6, 6.07) is 7.23. The van der Waals surface area contributed by atoms with E-state index in [0.717, 1.165) is 6.92 Å². The van der Waals surface area contributed by atoms with Gasteiger partial charge in [0, 0.05) is 34.8 Å². The van der Waals surface area contributed by atoms with Crippen LogP contribution in [0.4, 0.5) is 23.2 Å². The van der Waals surface area contributed by atoms with Gasteiger partial charge in [-0.3, -0.25) is 9.52 Å². The summed E-state index contributed by atoms with van der Waals surface area (Å²) < 4.78 is 84.0. The van der Waals surface area contributed by atoms with E-state index in [0.29, 0.717) is 23.9 Å². The average molecular weight is 442 g/mol. The molecule has 1 aromatic heterocycles. The fourth-order valence-corrected chi connectivity index (χ4v) is 4.33. The largest absolute Gasteiger partial charge is 0.308 e. The van der Waals surface area contributed by atoms with Crippen LogP contribution >= 0.6 is 0 Å². The first kappa shape index (κ1) is 21.8. The van der Waals surface area contributed by atoms with Crippen molar-refractivity contribution in [2.45, 2.75) is 32.6 Å². The van der Waals surface area contributed by atoms with E-state index in [2.05, 4.69) is 4.72 Å². The Balaban J connectivity index is 1.96. The number of sulfonamides is 1. The van der Waals surface area contributed by atoms with Crippen LogP contribution in [-0.4, -0.2) is 13.0 Å². The number of nitrogens with one attached hydrogen (secondary N) is 1. The molecule has 5 nitrogen and oxygen atoms in total. The maximum Gasteiger partial charge on any atom is 0.251 e. The monoisotopic (exact) mass is 442 g/mol. The minimum absolute atomic E-state index is 0.0677. The highest BCUT2D eigenvalue weighted by molar-refractivity contribution is 7.91. The van der Waals surface area contributed by atoms with Crippen molar-refractivity contribution in [3.8, 4) is 0 Å². The Bertz CT molecular complexity index is 1270. The van der Waals surface area contributed by atoms with Crippen LogP contribution in [0.15, 0.2) is 35.1 Å². The minimum Gasteiger partial charge on any atom is -0.308 e. The van der Waals surface area contributed by atoms with Crippen molar-refractivity contribution in [3.63, 3.8) is 0 Å². The second-order valence-corrected chi connectivity index (χ2v) is 8.54. The molecule has 0 spiro atoms. The topological polar surface area (TPSA) is 68.2 Å². The first-order valence-corrected chi connectivity index (χ1v) is 10.7. The number of anilines is 1. The molecule has 2 aromatic carbocycles. The van der Waals surface area contributed by atoms with Crippen LogP contribution < -0.4 is 10.3 Å². The van der Waals surface area contributed by atoms with Crippen molar-refractivity contribution in [2.24, 2.45) is 0 Å². The van der Waals surface area contributed by atoms with E-state index in [1.807, 2.05) is 6.92 Å². The van der Waals surface area contributed by atoms with Gasteiger partial charge in [-0.2, -0.15) is 0 Å². The maximum absolute atomic E-state index is 14.0. The Morgan fingerprint density at radius 1 is 0.967 bits per heavy atom. The van der Waals surface area contributed by atoms with Gasteiger partial charge >= 0.3 is 0 Å². The van der Waals surface area contributed by atoms with Crippen LogP contribution in [0.5, 0.6) is 0 Å². The third-order valence-electron chi connectivity index (χ3n) is 4.62. The highest BCUT2D eigenvalue weighted by Gasteiger charge is 2.27. The number of fused-ring (bicyclic) bond motifs is 1. The van der Waals surface area contributed by atoms with Gasteiger partial charge in [0.25, 0.3) is 5.56 Å². The van der Waals surface area contributed by atoms with Crippen LogP contribution in [-0.2, 0) is 22.3 Å². The van der Waals surface area contributed by atoms with Crippen molar-refractivity contribution in [1.82, 2.24) is 4.57 Å². The Hall–Kier alpha value is -2.88. The van der Waals surface area contributed by atoms with Crippen LogP contribution in [0.1, 0.15) is 24.5 Å². The molecule has 0 bridgehead atoms. The molecule has 30 heavy (non-hydrogen) atoms. The Morgan fingerprint density at radius 2 is 1.60 bits per heavy atom. The lowest BCUT2D eigenvalue weighted by Crippen LogP contribution is -2.20. The zero-order chi connectivity index (χ0) is 22.2. The summed E-state index contributed by atoms with van der Waals surface area (Å²) >= 11 is 0. The summed E-state index contributed by atoms with van der Waals surface area (Å²) in [4.78, 5) is 12.0. The molecular weight excluding hydrogens is 424 g/mol. The van der Waals surface area contributed by atoms with Crippen molar-refractivity contribution in [3.05, 3.63) is 75.1 Å². The van der Waals surface area contributed by atoms with Gasteiger partial charge in [0.15, 0.2) is 23.3 Å². The molecule has 160 valence electrons. The summed E-state index contributed by atoms with van der Waals surface area (Å²) in [7, 11) is -4.41. The Labute approximate surface area is 170 Å². The SMILES string of the molecule is CCCn1c(=O)ccc2cc(NS(=O)(=O)Cc3c(F)c(F)c(C)c(F)c3F)ccc21. The second-order valence-electron chi connectivity index (χ2n) is 6.82. The minimum atomic E-state index is -4.41. The van der Waals surface area contributed by atoms with Gasteiger partial charge in [-0.05, 0) is 37.6 Å². The number of rotatable bonds is 6. The van der Waals surface area contributed by atoms with Gasteiger partial charge in [-0.15, -0.1) is 0 Å². The Kier molecular flexibility index (Phi) is 5.89. The average Bonchev–Trinajstić information content (AvgIpc) is 2.70. The number of aryl methyl sites for hydroxylation is 1. The molecule has 0 fully saturated rings. The standard InChI is InChI=1S/C20H18F4N2O3S/c1-3-8-26-15-6-5-13(9-12(15)4-7-16(26)27)25-30(28,29)10-14-19(23)17(21)11(2)18(22)20(14)24/h4-7,9,25H,3,8,10H2,1-2H3. The quantitative estimate of drug-likeness (QED) is 0.459. The predicted octanol–water partition coefficient (Wildman–Crippen LogP) is 4.22. The van der Waals surface area contributed by atoms with Crippen LogP contribution in [0.2, 0.25) is 0 Å². The molecule has 1 N–H and O–H groups in total. The van der Waals surface area contributed by atoms with E-state index in [1.54, 1.807) is 0 Å². The molecular formula is C20H18F4N2O3S. The van der Waals surface area contributed by atoms with Crippen LogP contribution in [0.3, 0.4) is 0 Å². The summed E-state index contributed by atoms with van der Waals surface area (Å²) in [5.41, 5.74) is -1.63. The van der Waals surface area contributed by atoms with Gasteiger partial charge in [0.1, 0.15) is 5.75 Å². The van der Waals surface area contributed by atoms with Gasteiger partial charge in [-0.25, -0.2) is 26.0 Å². The number of hydrogen-bond acceptors (Lipinski definition) is 3. The van der Waals surface area contributed by atoms with E-state index < -0.39 is 50.2 Å². The summed E-state index contributed by atoms with van der Waals surface area (Å²) in [5, 5.41) is 0.563. The third-order valence-corrected chi connectivity index (χ3v) is 5.83. The van der Waals surface area contributed by atoms with Gasteiger partial charge in [-0.1, -0.05) is 6.92 Å². The number of hydrogen-bond donors (Lipinski definition) is 1. The highest BCUT2D eigenvalue weighted by Crippen LogP contribution is 2.26. The van der Waals surface area contributed by atoms with Gasteiger partial charge in [0.2, 0.25) is 10.0 Å². The molecule has 0 amide bonds. The molecule has 0 saturated carbocycles. The Morgan fingerprint density at radius 3 is 2.20 bits per heavy atom. The van der Waals surface area contributed by atoms with Gasteiger partial charge in [0.05, 0.1) is 5.52 Å². The van der Waals surface area contributed by atoms with Crippen LogP contribution in [0.25, 0.3) is 10.9 Å². The van der Waals surface area contributed by atoms with Gasteiger partial charge < -0.3 is 4.57 Å². The van der Waals surface area contributed by atoms with E-state index in [4.69, 9.17) is 0 Å². The van der Waals surface area contributed by atoms with E-state index in [-0.39, 0.29) is 11.2 Å². The fraction of sp³-hybridized carbons (Fsp3) is 0.250. The number of pyridine rings is 1. The smallest absolute Gasteiger partial charge is 0.251 e. The maximum atomic E-state index is 14.0. The highest BCUT2D eigenvalue weighted by atomic mass is 32.2. The van der Waals surface area contributed by atoms with Crippen molar-refractivity contribution < 1.29 is 26.0 Å². The molecule has 3 aromatic rings. The number of halogens is 4. The lowest BCUT2D eigenvalue weighted by molar-refractivity contribution is 0.434. The molecule has 0 saturated heterocycles. The predicted molar refractivity (Wildman–Crippen MR) is 106 cm³/mol. The molecule has 1 heterocycles. The molecule has 0 radical (unpaired) electrons. The number of aromatic nitrogens is 1. The zero-order valence-corrected chi connectivity index (χ0v) is 16.9. The molecule has 0 aliphatic heterocycles. The first-order valence-electron chi connectivity index (χ1n) is 9.01. The van der Waals surface area contributed by atoms with Crippen molar-refractivity contribution >= 4 is 26.6 Å². The molecule has 0 atom stereocenters. The lowest BCUT2D eigenvalue weighted by Gasteiger charge is -2.13. The molecule has 10 heteroatoms. The molecule has 0 aliphatic carbocycles. The van der Waals surface area contributed by atoms with E-state index >= 15 is 0 Å². The normalized spacial score (nSPS) is 11.8. The van der Waals surface area contributed by atoms with Crippen LogP contribution in [0, 0.1) is 30.2 Å². The molecule has 0 aliphatic rings. The number of nitrogens with zero attached hydrogens (tertiary/aromatic N) is 1. The third kappa shape index (κ3) is 4.04. The van der Waals surface area contributed by atoms with E-state index in [1.165, 1.54) is 34.9 Å². The lowest BCUT2D eigenvalue weighted by atomic mass is 10.1. The summed E-state index contributed by atoms with van der Waals surface area (Å²) in [6.45, 7) is 3.23. The zero-order valence-electron chi connectivity index (χ0n) is 16.1. The fourth-order valence-electron chi connectivity index (χ4n) is 3.14. The molecule has 3 rings (SSSR count). The van der Waals surface area contributed by atoms with Crippen molar-refractivity contribution in [2.75, 3.05) is 4.72 Å².